The van der Waals surface area contributed by atoms with Crippen molar-refractivity contribution in [3.8, 4) is 0 Å². The van der Waals surface area contributed by atoms with Gasteiger partial charge in [0, 0.05) is 12.0 Å². The summed E-state index contributed by atoms with van der Waals surface area (Å²) in [6.45, 7) is 2.98. The van der Waals surface area contributed by atoms with Gasteiger partial charge in [0.25, 0.3) is 0 Å². The zero-order valence-electron chi connectivity index (χ0n) is 7.18. The largest absolute Gasteiger partial charge is 0.375 e. The molecule has 0 amide bonds. The molecular formula is C9H17NO. The standard InChI is InChI=1S/C9H17NO/c1-7-5-9(6-10)4-2-3-8(9)11-7/h7-8H,2-6,10H2,1H3/t7-,8-,9-/m1/s1. The van der Waals surface area contributed by atoms with Crippen molar-refractivity contribution >= 4 is 0 Å². The van der Waals surface area contributed by atoms with Gasteiger partial charge in [-0.05, 0) is 26.2 Å². The lowest BCUT2D eigenvalue weighted by Gasteiger charge is -2.24. The van der Waals surface area contributed by atoms with E-state index in [2.05, 4.69) is 6.92 Å². The molecule has 0 unspecified atom stereocenters. The fourth-order valence-electron chi connectivity index (χ4n) is 2.77. The Hall–Kier alpha value is -0.0800. The molecule has 1 saturated carbocycles. The van der Waals surface area contributed by atoms with E-state index >= 15 is 0 Å². The van der Waals surface area contributed by atoms with Crippen LogP contribution in [0.15, 0.2) is 0 Å². The van der Waals surface area contributed by atoms with Crippen LogP contribution in [-0.2, 0) is 4.74 Å². The van der Waals surface area contributed by atoms with Crippen molar-refractivity contribution in [1.29, 1.82) is 0 Å². The summed E-state index contributed by atoms with van der Waals surface area (Å²) in [6.07, 6.45) is 5.97. The van der Waals surface area contributed by atoms with Gasteiger partial charge in [-0.25, -0.2) is 0 Å². The Labute approximate surface area is 68.1 Å². The average molecular weight is 155 g/mol. The van der Waals surface area contributed by atoms with Crippen LogP contribution in [0.3, 0.4) is 0 Å². The number of fused-ring (bicyclic) bond motifs is 1. The van der Waals surface area contributed by atoms with Gasteiger partial charge in [-0.15, -0.1) is 0 Å². The minimum Gasteiger partial charge on any atom is -0.375 e. The fourth-order valence-corrected chi connectivity index (χ4v) is 2.77. The van der Waals surface area contributed by atoms with Crippen molar-refractivity contribution in [1.82, 2.24) is 0 Å². The van der Waals surface area contributed by atoms with Crippen molar-refractivity contribution in [2.45, 2.75) is 44.8 Å². The second kappa shape index (κ2) is 2.46. The van der Waals surface area contributed by atoms with Crippen LogP contribution in [0, 0.1) is 5.41 Å². The van der Waals surface area contributed by atoms with Crippen LogP contribution < -0.4 is 5.73 Å². The first-order valence-corrected chi connectivity index (χ1v) is 4.62. The average Bonchev–Trinajstić information content (AvgIpc) is 2.43. The highest BCUT2D eigenvalue weighted by molar-refractivity contribution is 4.99. The first-order chi connectivity index (χ1) is 5.27. The van der Waals surface area contributed by atoms with Crippen molar-refractivity contribution in [3.05, 3.63) is 0 Å². The Kier molecular flexibility index (Phi) is 1.69. The van der Waals surface area contributed by atoms with Crippen LogP contribution in [0.1, 0.15) is 32.6 Å². The van der Waals surface area contributed by atoms with E-state index in [9.17, 15) is 0 Å². The summed E-state index contributed by atoms with van der Waals surface area (Å²) < 4.78 is 5.80. The van der Waals surface area contributed by atoms with E-state index < -0.39 is 0 Å². The van der Waals surface area contributed by atoms with E-state index in [1.54, 1.807) is 0 Å². The fraction of sp³-hybridized carbons (Fsp3) is 1.00. The summed E-state index contributed by atoms with van der Waals surface area (Å²) in [5.41, 5.74) is 6.17. The van der Waals surface area contributed by atoms with Gasteiger partial charge in [-0.1, -0.05) is 6.42 Å². The third-order valence-electron chi connectivity index (χ3n) is 3.32. The number of nitrogens with two attached hydrogens (primary N) is 1. The molecule has 2 rings (SSSR count). The smallest absolute Gasteiger partial charge is 0.0648 e. The quantitative estimate of drug-likeness (QED) is 0.619. The molecule has 3 atom stereocenters. The Balaban J connectivity index is 2.15. The lowest BCUT2D eigenvalue weighted by atomic mass is 9.82. The Morgan fingerprint density at radius 2 is 2.45 bits per heavy atom. The van der Waals surface area contributed by atoms with E-state index in [0.29, 0.717) is 17.6 Å². The van der Waals surface area contributed by atoms with Gasteiger partial charge >= 0.3 is 0 Å². The predicted molar refractivity (Wildman–Crippen MR) is 44.3 cm³/mol. The molecule has 2 aliphatic rings. The van der Waals surface area contributed by atoms with Gasteiger partial charge in [0.15, 0.2) is 0 Å². The SMILES string of the molecule is C[C@@H]1C[C@@]2(CN)CCC[C@H]2O1. The summed E-state index contributed by atoms with van der Waals surface area (Å²) in [6, 6.07) is 0. The van der Waals surface area contributed by atoms with Gasteiger partial charge in [0.2, 0.25) is 0 Å². The third-order valence-corrected chi connectivity index (χ3v) is 3.32. The van der Waals surface area contributed by atoms with Crippen LogP contribution >= 0.6 is 0 Å². The van der Waals surface area contributed by atoms with Gasteiger partial charge in [0.05, 0.1) is 12.2 Å². The van der Waals surface area contributed by atoms with Crippen molar-refractivity contribution < 1.29 is 4.74 Å². The number of rotatable bonds is 1. The van der Waals surface area contributed by atoms with Gasteiger partial charge in [-0.3, -0.25) is 0 Å². The molecule has 2 N–H and O–H groups in total. The van der Waals surface area contributed by atoms with Gasteiger partial charge < -0.3 is 10.5 Å². The number of hydrogen-bond donors (Lipinski definition) is 1. The predicted octanol–water partition coefficient (Wildman–Crippen LogP) is 1.29. The summed E-state index contributed by atoms with van der Waals surface area (Å²) in [4.78, 5) is 0. The molecule has 1 heterocycles. The maximum Gasteiger partial charge on any atom is 0.0648 e. The third kappa shape index (κ3) is 1.00. The first kappa shape index (κ1) is 7.56. The summed E-state index contributed by atoms with van der Waals surface area (Å²) in [7, 11) is 0. The van der Waals surface area contributed by atoms with Crippen molar-refractivity contribution in [2.24, 2.45) is 11.1 Å². The molecule has 2 nitrogen and oxygen atoms in total. The summed E-state index contributed by atoms with van der Waals surface area (Å²) in [5.74, 6) is 0. The van der Waals surface area contributed by atoms with E-state index in [4.69, 9.17) is 10.5 Å². The number of ether oxygens (including phenoxy) is 1. The molecule has 2 fully saturated rings. The second-order valence-corrected chi connectivity index (χ2v) is 4.10. The highest BCUT2D eigenvalue weighted by Crippen LogP contribution is 2.48. The van der Waals surface area contributed by atoms with Crippen LogP contribution in [-0.4, -0.2) is 18.8 Å². The zero-order chi connectivity index (χ0) is 7.90. The lowest BCUT2D eigenvalue weighted by molar-refractivity contribution is 0.0349. The lowest BCUT2D eigenvalue weighted by Crippen LogP contribution is -2.33. The monoisotopic (exact) mass is 155 g/mol. The van der Waals surface area contributed by atoms with E-state index in [-0.39, 0.29) is 0 Å². The molecule has 0 spiro atoms. The maximum absolute atomic E-state index is 5.80. The van der Waals surface area contributed by atoms with Crippen molar-refractivity contribution in [3.63, 3.8) is 0 Å². The van der Waals surface area contributed by atoms with Crippen LogP contribution in [0.25, 0.3) is 0 Å². The Morgan fingerprint density at radius 3 is 3.09 bits per heavy atom. The molecule has 0 aromatic heterocycles. The highest BCUT2D eigenvalue weighted by Gasteiger charge is 2.48. The van der Waals surface area contributed by atoms with Gasteiger partial charge in [0.1, 0.15) is 0 Å². The van der Waals surface area contributed by atoms with Crippen LogP contribution in [0.5, 0.6) is 0 Å². The minimum atomic E-state index is 0.374. The molecule has 1 saturated heterocycles. The minimum absolute atomic E-state index is 0.374. The molecular weight excluding hydrogens is 138 g/mol. The molecule has 0 aromatic rings. The van der Waals surface area contributed by atoms with E-state index in [1.807, 2.05) is 0 Å². The molecule has 64 valence electrons. The Morgan fingerprint density at radius 1 is 1.64 bits per heavy atom. The van der Waals surface area contributed by atoms with Crippen LogP contribution in [0.4, 0.5) is 0 Å². The highest BCUT2D eigenvalue weighted by atomic mass is 16.5. The molecule has 1 aliphatic heterocycles. The van der Waals surface area contributed by atoms with Gasteiger partial charge in [-0.2, -0.15) is 0 Å². The first-order valence-electron chi connectivity index (χ1n) is 4.62. The van der Waals surface area contributed by atoms with Crippen molar-refractivity contribution in [2.75, 3.05) is 6.54 Å². The molecule has 1 aliphatic carbocycles. The molecule has 0 bridgehead atoms. The molecule has 0 radical (unpaired) electrons. The van der Waals surface area contributed by atoms with E-state index in [1.165, 1.54) is 25.7 Å². The summed E-state index contributed by atoms with van der Waals surface area (Å²) >= 11 is 0. The maximum atomic E-state index is 5.80. The zero-order valence-corrected chi connectivity index (χ0v) is 7.18. The number of hydrogen-bond acceptors (Lipinski definition) is 2. The second-order valence-electron chi connectivity index (χ2n) is 4.10. The normalized spacial score (nSPS) is 49.6. The van der Waals surface area contributed by atoms with Crippen LogP contribution in [0.2, 0.25) is 0 Å². The molecule has 0 aromatic carbocycles. The van der Waals surface area contributed by atoms with E-state index in [0.717, 1.165) is 6.54 Å². The Bertz CT molecular complexity index is 160. The summed E-state index contributed by atoms with van der Waals surface area (Å²) in [5, 5.41) is 0. The topological polar surface area (TPSA) is 35.2 Å². The molecule has 11 heavy (non-hydrogen) atoms. The molecule has 2 heteroatoms.